The number of nitrogens with one attached hydrogen (secondary N) is 1. The number of thiophene rings is 1. The van der Waals surface area contributed by atoms with E-state index >= 15 is 0 Å². The van der Waals surface area contributed by atoms with Crippen LogP contribution in [0.25, 0.3) is 0 Å². The predicted octanol–water partition coefficient (Wildman–Crippen LogP) is 2.80. The van der Waals surface area contributed by atoms with Gasteiger partial charge in [0.05, 0.1) is 17.3 Å². The normalized spacial score (nSPS) is 11.9. The number of carbonyl (C=O) groups is 2. The van der Waals surface area contributed by atoms with E-state index in [0.717, 1.165) is 4.88 Å². The van der Waals surface area contributed by atoms with Crippen molar-refractivity contribution in [3.05, 3.63) is 21.3 Å². The molecule has 1 atom stereocenters. The van der Waals surface area contributed by atoms with Crippen molar-refractivity contribution >= 4 is 34.9 Å². The summed E-state index contributed by atoms with van der Waals surface area (Å²) in [7, 11) is 0. The third-order valence-corrected chi connectivity index (χ3v) is 3.88. The maximum absolute atomic E-state index is 12.0. The fourth-order valence-corrected chi connectivity index (χ4v) is 2.76. The second kappa shape index (κ2) is 7.35. The summed E-state index contributed by atoms with van der Waals surface area (Å²) >= 11 is 7.21. The van der Waals surface area contributed by atoms with E-state index in [2.05, 4.69) is 5.32 Å². The van der Waals surface area contributed by atoms with Crippen LogP contribution in [0.4, 0.5) is 4.79 Å². The molecule has 0 saturated heterocycles. The lowest BCUT2D eigenvalue weighted by molar-refractivity contribution is -0.138. The van der Waals surface area contributed by atoms with Gasteiger partial charge in [0, 0.05) is 17.5 Å². The molecule has 0 radical (unpaired) electrons. The molecule has 0 aromatic carbocycles. The maximum atomic E-state index is 12.0. The highest BCUT2D eigenvalue weighted by Gasteiger charge is 2.20. The number of halogens is 1. The molecule has 0 aliphatic rings. The van der Waals surface area contributed by atoms with Crippen LogP contribution in [0.1, 0.15) is 25.1 Å². The van der Waals surface area contributed by atoms with Gasteiger partial charge in [-0.25, -0.2) is 4.79 Å². The molecule has 106 valence electrons. The third-order valence-electron chi connectivity index (χ3n) is 2.65. The Morgan fingerprint density at radius 1 is 1.53 bits per heavy atom. The minimum Gasteiger partial charge on any atom is -0.481 e. The van der Waals surface area contributed by atoms with E-state index in [1.54, 1.807) is 13.0 Å². The lowest BCUT2D eigenvalue weighted by Crippen LogP contribution is -2.45. The number of carboxylic acid groups (broad SMARTS) is 1. The first-order valence-electron chi connectivity index (χ1n) is 5.94. The second-order valence-electron chi connectivity index (χ2n) is 4.10. The summed E-state index contributed by atoms with van der Waals surface area (Å²) in [4.78, 5) is 25.1. The Bertz CT molecular complexity index is 450. The van der Waals surface area contributed by atoms with Crippen LogP contribution in [0.2, 0.25) is 4.34 Å². The van der Waals surface area contributed by atoms with Gasteiger partial charge in [0.2, 0.25) is 0 Å². The number of rotatable bonds is 6. The second-order valence-corrected chi connectivity index (χ2v) is 5.90. The number of amides is 2. The van der Waals surface area contributed by atoms with Gasteiger partial charge in [-0.1, -0.05) is 11.6 Å². The zero-order valence-corrected chi connectivity index (χ0v) is 12.4. The van der Waals surface area contributed by atoms with Crippen LogP contribution in [-0.4, -0.2) is 34.6 Å². The Kier molecular flexibility index (Phi) is 6.11. The first-order valence-corrected chi connectivity index (χ1v) is 7.14. The van der Waals surface area contributed by atoms with E-state index in [0.29, 0.717) is 17.4 Å². The summed E-state index contributed by atoms with van der Waals surface area (Å²) in [6.45, 7) is 4.40. The van der Waals surface area contributed by atoms with Crippen molar-refractivity contribution in [1.82, 2.24) is 10.2 Å². The fourth-order valence-electron chi connectivity index (χ4n) is 1.73. The zero-order chi connectivity index (χ0) is 14.4. The average Bonchev–Trinajstić information content (AvgIpc) is 2.72. The molecule has 1 aromatic heterocycles. The van der Waals surface area contributed by atoms with Crippen LogP contribution in [0.5, 0.6) is 0 Å². The molecule has 0 saturated carbocycles. The van der Waals surface area contributed by atoms with Crippen LogP contribution in [0.15, 0.2) is 12.1 Å². The Morgan fingerprint density at radius 2 is 2.21 bits per heavy atom. The van der Waals surface area contributed by atoms with E-state index in [1.165, 1.54) is 16.2 Å². The average molecular weight is 305 g/mol. The standard InChI is InChI=1S/C12H17ClN2O3S/c1-3-15(8(2)6-11(16)17)12(18)14-7-9-4-5-10(13)19-9/h4-5,8H,3,6-7H2,1-2H3,(H,14,18)(H,16,17). The predicted molar refractivity (Wildman–Crippen MR) is 75.7 cm³/mol. The highest BCUT2D eigenvalue weighted by molar-refractivity contribution is 7.16. The van der Waals surface area contributed by atoms with Crippen LogP contribution in [0.3, 0.4) is 0 Å². The van der Waals surface area contributed by atoms with Crippen LogP contribution < -0.4 is 5.32 Å². The van der Waals surface area contributed by atoms with Gasteiger partial charge in [-0.3, -0.25) is 4.79 Å². The van der Waals surface area contributed by atoms with E-state index < -0.39 is 5.97 Å². The number of aliphatic carboxylic acids is 1. The molecule has 1 heterocycles. The molecule has 5 nitrogen and oxygen atoms in total. The third kappa shape index (κ3) is 5.08. The number of hydrogen-bond donors (Lipinski definition) is 2. The number of nitrogens with zero attached hydrogens (tertiary/aromatic N) is 1. The van der Waals surface area contributed by atoms with Crippen LogP contribution in [-0.2, 0) is 11.3 Å². The van der Waals surface area contributed by atoms with Crippen LogP contribution in [0, 0.1) is 0 Å². The largest absolute Gasteiger partial charge is 0.481 e. The Hall–Kier alpha value is -1.27. The Labute approximate surface area is 121 Å². The van der Waals surface area contributed by atoms with Crippen molar-refractivity contribution in [3.63, 3.8) is 0 Å². The summed E-state index contributed by atoms with van der Waals surface area (Å²) in [6, 6.07) is 3.03. The zero-order valence-electron chi connectivity index (χ0n) is 10.9. The topological polar surface area (TPSA) is 69.6 Å². The minimum absolute atomic E-state index is 0.0634. The highest BCUT2D eigenvalue weighted by atomic mass is 35.5. The van der Waals surface area contributed by atoms with Gasteiger partial charge in [-0.15, -0.1) is 11.3 Å². The fraction of sp³-hybridized carbons (Fsp3) is 0.500. The van der Waals surface area contributed by atoms with E-state index in [4.69, 9.17) is 16.7 Å². The van der Waals surface area contributed by atoms with E-state index in [-0.39, 0.29) is 18.5 Å². The smallest absolute Gasteiger partial charge is 0.317 e. The summed E-state index contributed by atoms with van der Waals surface area (Å²) in [5.41, 5.74) is 0. The van der Waals surface area contributed by atoms with Gasteiger partial charge in [-0.05, 0) is 26.0 Å². The summed E-state index contributed by atoms with van der Waals surface area (Å²) in [5.74, 6) is -0.913. The van der Waals surface area contributed by atoms with Gasteiger partial charge in [0.1, 0.15) is 0 Å². The molecular formula is C12H17ClN2O3S. The molecular weight excluding hydrogens is 288 g/mol. The molecule has 0 bridgehead atoms. The van der Waals surface area contributed by atoms with Crippen molar-refractivity contribution in [2.24, 2.45) is 0 Å². The van der Waals surface area contributed by atoms with Crippen molar-refractivity contribution in [3.8, 4) is 0 Å². The Balaban J connectivity index is 2.51. The van der Waals surface area contributed by atoms with Crippen molar-refractivity contribution < 1.29 is 14.7 Å². The molecule has 1 rings (SSSR count). The molecule has 2 amide bonds. The van der Waals surface area contributed by atoms with Crippen molar-refractivity contribution in [2.45, 2.75) is 32.9 Å². The Morgan fingerprint density at radius 3 is 2.68 bits per heavy atom. The molecule has 1 aromatic rings. The van der Waals surface area contributed by atoms with Gasteiger partial charge in [0.15, 0.2) is 0 Å². The first-order chi connectivity index (χ1) is 8.93. The molecule has 7 heteroatoms. The van der Waals surface area contributed by atoms with Gasteiger partial charge < -0.3 is 15.3 Å². The number of carbonyl (C=O) groups excluding carboxylic acids is 1. The SMILES string of the molecule is CCN(C(=O)NCc1ccc(Cl)s1)C(C)CC(=O)O. The number of hydrogen-bond acceptors (Lipinski definition) is 3. The highest BCUT2D eigenvalue weighted by Crippen LogP contribution is 2.21. The molecule has 1 unspecified atom stereocenters. The molecule has 0 spiro atoms. The lowest BCUT2D eigenvalue weighted by atomic mass is 10.2. The molecule has 0 fully saturated rings. The molecule has 19 heavy (non-hydrogen) atoms. The molecule has 2 N–H and O–H groups in total. The maximum Gasteiger partial charge on any atom is 0.317 e. The molecule has 0 aliphatic carbocycles. The van der Waals surface area contributed by atoms with E-state index in [9.17, 15) is 9.59 Å². The summed E-state index contributed by atoms with van der Waals surface area (Å²) in [5, 5.41) is 11.5. The lowest BCUT2D eigenvalue weighted by Gasteiger charge is -2.27. The van der Waals surface area contributed by atoms with Crippen LogP contribution >= 0.6 is 22.9 Å². The summed E-state index contributed by atoms with van der Waals surface area (Å²) in [6.07, 6.45) is -0.0634. The van der Waals surface area contributed by atoms with Gasteiger partial charge >= 0.3 is 12.0 Å². The van der Waals surface area contributed by atoms with Crippen molar-refractivity contribution in [2.75, 3.05) is 6.54 Å². The first kappa shape index (κ1) is 15.8. The number of urea groups is 1. The van der Waals surface area contributed by atoms with Crippen molar-refractivity contribution in [1.29, 1.82) is 0 Å². The van der Waals surface area contributed by atoms with E-state index in [1.807, 2.05) is 13.0 Å². The van der Waals surface area contributed by atoms with Gasteiger partial charge in [0.25, 0.3) is 0 Å². The monoisotopic (exact) mass is 304 g/mol. The summed E-state index contributed by atoms with van der Waals surface area (Å²) < 4.78 is 0.677. The van der Waals surface area contributed by atoms with Gasteiger partial charge in [-0.2, -0.15) is 0 Å². The minimum atomic E-state index is -0.913. The quantitative estimate of drug-likeness (QED) is 0.849. The molecule has 0 aliphatic heterocycles. The number of carboxylic acids is 1.